The maximum absolute atomic E-state index is 10.6. The Morgan fingerprint density at radius 1 is 1.31 bits per heavy atom. The molecule has 0 spiro atoms. The minimum Gasteiger partial charge on any atom is -0.386 e. The Labute approximate surface area is 98.9 Å². The van der Waals surface area contributed by atoms with Gasteiger partial charge in [-0.25, -0.2) is 0 Å². The van der Waals surface area contributed by atoms with Crippen LogP contribution in [0.4, 0.5) is 0 Å². The van der Waals surface area contributed by atoms with E-state index in [9.17, 15) is 5.11 Å². The van der Waals surface area contributed by atoms with Crippen LogP contribution in [0.1, 0.15) is 47.0 Å². The zero-order valence-corrected chi connectivity index (χ0v) is 11.0. The van der Waals surface area contributed by atoms with Crippen LogP contribution in [0.5, 0.6) is 0 Å². The van der Waals surface area contributed by atoms with Crippen LogP contribution in [-0.2, 0) is 0 Å². The average molecular weight is 220 g/mol. The Bertz CT molecular complexity index is 350. The SMILES string of the molecule is C[C@@H]1CC=C2C1[C@@H]1[C@H](CC[C@]2(C)O)C1(C)C. The number of fused-ring (bicyclic) bond motifs is 3. The van der Waals surface area contributed by atoms with Crippen LogP contribution in [0.3, 0.4) is 0 Å². The van der Waals surface area contributed by atoms with Crippen molar-refractivity contribution in [2.75, 3.05) is 0 Å². The van der Waals surface area contributed by atoms with Gasteiger partial charge in [-0.15, -0.1) is 0 Å². The summed E-state index contributed by atoms with van der Waals surface area (Å²) in [5.41, 5.74) is 1.38. The normalized spacial score (nSPS) is 53.7. The van der Waals surface area contributed by atoms with Crippen LogP contribution >= 0.6 is 0 Å². The molecule has 0 saturated heterocycles. The minimum atomic E-state index is -0.515. The molecular weight excluding hydrogens is 196 g/mol. The molecular formula is C15H24O. The highest BCUT2D eigenvalue weighted by molar-refractivity contribution is 5.31. The van der Waals surface area contributed by atoms with Crippen LogP contribution in [0.25, 0.3) is 0 Å². The molecule has 3 aliphatic rings. The molecule has 0 bridgehead atoms. The third kappa shape index (κ3) is 1.21. The van der Waals surface area contributed by atoms with Crippen molar-refractivity contribution in [2.45, 2.75) is 52.6 Å². The van der Waals surface area contributed by atoms with Gasteiger partial charge in [-0.3, -0.25) is 0 Å². The van der Waals surface area contributed by atoms with Crippen molar-refractivity contribution >= 4 is 0 Å². The molecule has 3 rings (SSSR count). The van der Waals surface area contributed by atoms with Crippen molar-refractivity contribution in [2.24, 2.45) is 29.1 Å². The van der Waals surface area contributed by atoms with Crippen molar-refractivity contribution < 1.29 is 5.11 Å². The van der Waals surface area contributed by atoms with E-state index in [1.54, 1.807) is 0 Å². The highest BCUT2D eigenvalue weighted by Crippen LogP contribution is 2.70. The van der Waals surface area contributed by atoms with Gasteiger partial charge in [0.05, 0.1) is 5.60 Å². The zero-order valence-electron chi connectivity index (χ0n) is 11.0. The van der Waals surface area contributed by atoms with Gasteiger partial charge in [0.2, 0.25) is 0 Å². The molecule has 5 atom stereocenters. The van der Waals surface area contributed by atoms with Gasteiger partial charge in [0.25, 0.3) is 0 Å². The molecule has 0 aromatic carbocycles. The molecule has 0 aromatic heterocycles. The molecule has 0 heterocycles. The van der Waals surface area contributed by atoms with Crippen molar-refractivity contribution in [3.63, 3.8) is 0 Å². The molecule has 0 radical (unpaired) electrons. The maximum atomic E-state index is 10.6. The smallest absolute Gasteiger partial charge is 0.0831 e. The molecule has 1 unspecified atom stereocenters. The number of hydrogen-bond donors (Lipinski definition) is 1. The highest BCUT2D eigenvalue weighted by Gasteiger charge is 2.64. The first-order chi connectivity index (χ1) is 7.36. The van der Waals surface area contributed by atoms with E-state index in [1.807, 2.05) is 6.92 Å². The number of aliphatic hydroxyl groups is 1. The van der Waals surface area contributed by atoms with E-state index in [2.05, 4.69) is 26.8 Å². The van der Waals surface area contributed by atoms with Crippen LogP contribution in [0, 0.1) is 29.1 Å². The number of hydrogen-bond acceptors (Lipinski definition) is 1. The minimum absolute atomic E-state index is 0.515. The largest absolute Gasteiger partial charge is 0.386 e. The summed E-state index contributed by atoms with van der Waals surface area (Å²) in [4.78, 5) is 0. The van der Waals surface area contributed by atoms with E-state index in [1.165, 1.54) is 18.4 Å². The lowest BCUT2D eigenvalue weighted by atomic mass is 9.78. The predicted octanol–water partition coefficient (Wildman–Crippen LogP) is 3.39. The molecule has 16 heavy (non-hydrogen) atoms. The lowest BCUT2D eigenvalue weighted by Crippen LogP contribution is -2.31. The van der Waals surface area contributed by atoms with Gasteiger partial charge in [0.1, 0.15) is 0 Å². The summed E-state index contributed by atoms with van der Waals surface area (Å²) >= 11 is 0. The summed E-state index contributed by atoms with van der Waals surface area (Å²) in [5.74, 6) is 3.10. The first-order valence-electron chi connectivity index (χ1n) is 6.78. The van der Waals surface area contributed by atoms with Gasteiger partial charge in [0.15, 0.2) is 0 Å². The second kappa shape index (κ2) is 2.93. The molecule has 90 valence electrons. The Morgan fingerprint density at radius 2 is 2.00 bits per heavy atom. The molecule has 3 aliphatic carbocycles. The third-order valence-electron chi connectivity index (χ3n) is 5.77. The fourth-order valence-corrected chi connectivity index (χ4v) is 4.66. The lowest BCUT2D eigenvalue weighted by Gasteiger charge is -2.31. The fourth-order valence-electron chi connectivity index (χ4n) is 4.66. The van der Waals surface area contributed by atoms with Gasteiger partial charge >= 0.3 is 0 Å². The second-order valence-electron chi connectivity index (χ2n) is 7.16. The van der Waals surface area contributed by atoms with Crippen LogP contribution < -0.4 is 0 Å². The monoisotopic (exact) mass is 220 g/mol. The zero-order chi connectivity index (χ0) is 11.7. The standard InChI is InChI=1S/C15H24O/c1-9-5-6-10-12(9)13-11(14(13,2)3)7-8-15(10,4)16/h6,9,11-13,16H,5,7-8H2,1-4H3/t9-,11+,12?,13+,15+/m1/s1. The molecule has 0 amide bonds. The summed E-state index contributed by atoms with van der Waals surface area (Å²) in [7, 11) is 0. The van der Waals surface area contributed by atoms with Crippen LogP contribution in [0.15, 0.2) is 11.6 Å². The first-order valence-corrected chi connectivity index (χ1v) is 6.78. The fraction of sp³-hybridized carbons (Fsp3) is 0.867. The molecule has 0 aliphatic heterocycles. The maximum Gasteiger partial charge on any atom is 0.0831 e. The highest BCUT2D eigenvalue weighted by atomic mass is 16.3. The third-order valence-corrected chi connectivity index (χ3v) is 5.77. The molecule has 0 aromatic rings. The second-order valence-corrected chi connectivity index (χ2v) is 7.16. The number of rotatable bonds is 0. The Hall–Kier alpha value is -0.300. The average Bonchev–Trinajstić information content (AvgIpc) is 2.51. The van der Waals surface area contributed by atoms with Gasteiger partial charge in [-0.05, 0) is 60.8 Å². The van der Waals surface area contributed by atoms with Crippen LogP contribution in [0.2, 0.25) is 0 Å². The summed E-state index contributed by atoms with van der Waals surface area (Å²) in [6.45, 7) is 9.23. The first kappa shape index (κ1) is 10.8. The van der Waals surface area contributed by atoms with Crippen molar-refractivity contribution in [1.29, 1.82) is 0 Å². The van der Waals surface area contributed by atoms with E-state index in [0.29, 0.717) is 11.3 Å². The van der Waals surface area contributed by atoms with E-state index in [-0.39, 0.29) is 0 Å². The van der Waals surface area contributed by atoms with Crippen molar-refractivity contribution in [1.82, 2.24) is 0 Å². The predicted molar refractivity (Wildman–Crippen MR) is 66.0 cm³/mol. The van der Waals surface area contributed by atoms with Crippen molar-refractivity contribution in [3.8, 4) is 0 Å². The topological polar surface area (TPSA) is 20.2 Å². The molecule has 2 fully saturated rings. The summed E-state index contributed by atoms with van der Waals surface area (Å²) in [5, 5.41) is 10.6. The van der Waals surface area contributed by atoms with Crippen LogP contribution in [-0.4, -0.2) is 10.7 Å². The Balaban J connectivity index is 1.99. The Morgan fingerprint density at radius 3 is 2.69 bits per heavy atom. The molecule has 1 nitrogen and oxygen atoms in total. The van der Waals surface area contributed by atoms with Crippen molar-refractivity contribution in [3.05, 3.63) is 11.6 Å². The summed E-state index contributed by atoms with van der Waals surface area (Å²) in [6.07, 6.45) is 5.69. The summed E-state index contributed by atoms with van der Waals surface area (Å²) < 4.78 is 0. The van der Waals surface area contributed by atoms with Gasteiger partial charge in [-0.1, -0.05) is 26.8 Å². The van der Waals surface area contributed by atoms with Gasteiger partial charge in [-0.2, -0.15) is 0 Å². The van der Waals surface area contributed by atoms with Gasteiger partial charge in [0, 0.05) is 0 Å². The quantitative estimate of drug-likeness (QED) is 0.620. The van der Waals surface area contributed by atoms with E-state index in [0.717, 1.165) is 24.2 Å². The number of allylic oxidation sites excluding steroid dienone is 1. The van der Waals surface area contributed by atoms with E-state index >= 15 is 0 Å². The molecule has 1 heteroatoms. The molecule has 2 saturated carbocycles. The Kier molecular flexibility index (Phi) is 1.98. The molecule has 1 N–H and O–H groups in total. The lowest BCUT2D eigenvalue weighted by molar-refractivity contribution is 0.0738. The van der Waals surface area contributed by atoms with E-state index < -0.39 is 5.60 Å². The van der Waals surface area contributed by atoms with E-state index in [4.69, 9.17) is 0 Å². The summed E-state index contributed by atoms with van der Waals surface area (Å²) in [6, 6.07) is 0. The van der Waals surface area contributed by atoms with Gasteiger partial charge < -0.3 is 5.11 Å².